The molecule has 0 saturated heterocycles. The van der Waals surface area contributed by atoms with Gasteiger partial charge in [0.15, 0.2) is 0 Å². The predicted octanol–water partition coefficient (Wildman–Crippen LogP) is 3.99. The molecule has 0 spiro atoms. The zero-order valence-electron chi connectivity index (χ0n) is 11.7. The second-order valence-corrected chi connectivity index (χ2v) is 5.24. The molecular formula is C17H20FN. The highest BCUT2D eigenvalue weighted by Gasteiger charge is 2.11. The van der Waals surface area contributed by atoms with Crippen LogP contribution in [0.15, 0.2) is 36.4 Å². The summed E-state index contributed by atoms with van der Waals surface area (Å²) >= 11 is 0. The number of halogens is 1. The number of hydrogen-bond donors (Lipinski definition) is 1. The summed E-state index contributed by atoms with van der Waals surface area (Å²) in [6.45, 7) is 6.30. The first-order valence-corrected chi connectivity index (χ1v) is 6.55. The zero-order valence-corrected chi connectivity index (χ0v) is 11.7. The van der Waals surface area contributed by atoms with Crippen LogP contribution in [0.4, 0.5) is 4.39 Å². The van der Waals surface area contributed by atoms with Crippen molar-refractivity contribution in [3.63, 3.8) is 0 Å². The lowest BCUT2D eigenvalue weighted by atomic mass is 9.92. The van der Waals surface area contributed by atoms with Gasteiger partial charge in [0.05, 0.1) is 0 Å². The molecule has 0 aromatic heterocycles. The van der Waals surface area contributed by atoms with E-state index in [9.17, 15) is 4.39 Å². The largest absolute Gasteiger partial charge is 0.324 e. The molecule has 0 heterocycles. The van der Waals surface area contributed by atoms with Crippen molar-refractivity contribution >= 4 is 0 Å². The first-order chi connectivity index (χ1) is 8.97. The van der Waals surface area contributed by atoms with Crippen LogP contribution in [-0.4, -0.2) is 0 Å². The van der Waals surface area contributed by atoms with Gasteiger partial charge in [0.25, 0.3) is 0 Å². The van der Waals surface area contributed by atoms with E-state index in [4.69, 9.17) is 5.73 Å². The second-order valence-electron chi connectivity index (χ2n) is 5.24. The van der Waals surface area contributed by atoms with Gasteiger partial charge >= 0.3 is 0 Å². The van der Waals surface area contributed by atoms with Gasteiger partial charge in [-0.1, -0.05) is 29.8 Å². The summed E-state index contributed by atoms with van der Waals surface area (Å²) in [6.07, 6.45) is 0.737. The van der Waals surface area contributed by atoms with Gasteiger partial charge in [-0.25, -0.2) is 4.39 Å². The minimum absolute atomic E-state index is 0.171. The molecule has 0 saturated carbocycles. The van der Waals surface area contributed by atoms with Crippen LogP contribution in [0.1, 0.15) is 33.9 Å². The van der Waals surface area contributed by atoms with Gasteiger partial charge in [0.1, 0.15) is 5.82 Å². The summed E-state index contributed by atoms with van der Waals surface area (Å²) in [5, 5.41) is 0. The maximum absolute atomic E-state index is 13.2. The molecule has 2 N–H and O–H groups in total. The number of rotatable bonds is 3. The van der Waals surface area contributed by atoms with Crippen LogP contribution in [0.25, 0.3) is 0 Å². The molecule has 2 aromatic rings. The fourth-order valence-electron chi connectivity index (χ4n) is 2.61. The Morgan fingerprint density at radius 3 is 2.26 bits per heavy atom. The van der Waals surface area contributed by atoms with E-state index in [1.807, 2.05) is 6.07 Å². The molecule has 0 aliphatic rings. The summed E-state index contributed by atoms with van der Waals surface area (Å²) in [7, 11) is 0. The van der Waals surface area contributed by atoms with Crippen LogP contribution in [0.2, 0.25) is 0 Å². The number of hydrogen-bond acceptors (Lipinski definition) is 1. The SMILES string of the molecule is Cc1cc(C)c(CC(N)c2cccc(F)c2)c(C)c1. The van der Waals surface area contributed by atoms with Crippen molar-refractivity contribution in [1.82, 2.24) is 0 Å². The third kappa shape index (κ3) is 3.21. The fourth-order valence-corrected chi connectivity index (χ4v) is 2.61. The zero-order chi connectivity index (χ0) is 14.0. The van der Waals surface area contributed by atoms with Crippen LogP contribution in [-0.2, 0) is 6.42 Å². The molecular weight excluding hydrogens is 237 g/mol. The van der Waals surface area contributed by atoms with Crippen LogP contribution in [0.5, 0.6) is 0 Å². The van der Waals surface area contributed by atoms with Crippen molar-refractivity contribution in [3.05, 3.63) is 70.0 Å². The van der Waals surface area contributed by atoms with Gasteiger partial charge in [0.2, 0.25) is 0 Å². The van der Waals surface area contributed by atoms with Gasteiger partial charge in [-0.05, 0) is 61.6 Å². The molecule has 0 aliphatic heterocycles. The van der Waals surface area contributed by atoms with Crippen LogP contribution >= 0.6 is 0 Å². The number of benzene rings is 2. The van der Waals surface area contributed by atoms with E-state index in [1.54, 1.807) is 6.07 Å². The van der Waals surface area contributed by atoms with Gasteiger partial charge < -0.3 is 5.73 Å². The summed E-state index contributed by atoms with van der Waals surface area (Å²) in [5.74, 6) is -0.231. The second kappa shape index (κ2) is 5.54. The third-order valence-corrected chi connectivity index (χ3v) is 3.54. The van der Waals surface area contributed by atoms with Crippen LogP contribution in [0.3, 0.4) is 0 Å². The summed E-state index contributed by atoms with van der Waals surface area (Å²) in [5.41, 5.74) is 12.1. The standard InChI is InChI=1S/C17H20FN/c1-11-7-12(2)16(13(3)8-11)10-17(19)14-5-4-6-15(18)9-14/h4-9,17H,10,19H2,1-3H3. The van der Waals surface area contributed by atoms with E-state index in [-0.39, 0.29) is 11.9 Å². The Morgan fingerprint density at radius 1 is 1.05 bits per heavy atom. The molecule has 2 rings (SSSR count). The van der Waals surface area contributed by atoms with Crippen molar-refractivity contribution in [2.75, 3.05) is 0 Å². The van der Waals surface area contributed by atoms with Crippen LogP contribution < -0.4 is 5.73 Å². The lowest BCUT2D eigenvalue weighted by Gasteiger charge is -2.17. The molecule has 1 nitrogen and oxygen atoms in total. The van der Waals surface area contributed by atoms with Crippen molar-refractivity contribution in [1.29, 1.82) is 0 Å². The van der Waals surface area contributed by atoms with E-state index >= 15 is 0 Å². The Bertz CT molecular complexity index is 567. The minimum atomic E-state index is -0.231. The summed E-state index contributed by atoms with van der Waals surface area (Å²) in [6, 6.07) is 10.7. The predicted molar refractivity (Wildman–Crippen MR) is 77.7 cm³/mol. The Hall–Kier alpha value is -1.67. The van der Waals surface area contributed by atoms with E-state index in [0.29, 0.717) is 0 Å². The molecule has 2 heteroatoms. The summed E-state index contributed by atoms with van der Waals surface area (Å²) in [4.78, 5) is 0. The maximum atomic E-state index is 13.2. The molecule has 19 heavy (non-hydrogen) atoms. The fraction of sp³-hybridized carbons (Fsp3) is 0.294. The van der Waals surface area contributed by atoms with Crippen molar-refractivity contribution < 1.29 is 4.39 Å². The molecule has 0 fully saturated rings. The van der Waals surface area contributed by atoms with E-state index in [0.717, 1.165) is 12.0 Å². The quantitative estimate of drug-likeness (QED) is 0.884. The minimum Gasteiger partial charge on any atom is -0.324 e. The monoisotopic (exact) mass is 257 g/mol. The highest BCUT2D eigenvalue weighted by molar-refractivity contribution is 5.38. The Morgan fingerprint density at radius 2 is 1.68 bits per heavy atom. The maximum Gasteiger partial charge on any atom is 0.123 e. The van der Waals surface area contributed by atoms with Gasteiger partial charge in [-0.15, -0.1) is 0 Å². The average Bonchev–Trinajstić information content (AvgIpc) is 2.33. The van der Waals surface area contributed by atoms with Crippen molar-refractivity contribution in [2.45, 2.75) is 33.2 Å². The van der Waals surface area contributed by atoms with Gasteiger partial charge in [-0.3, -0.25) is 0 Å². The molecule has 0 amide bonds. The summed E-state index contributed by atoms with van der Waals surface area (Å²) < 4.78 is 13.2. The first-order valence-electron chi connectivity index (χ1n) is 6.55. The smallest absolute Gasteiger partial charge is 0.123 e. The molecule has 0 bridgehead atoms. The number of nitrogens with two attached hydrogens (primary N) is 1. The Kier molecular flexibility index (Phi) is 4.01. The topological polar surface area (TPSA) is 26.0 Å². The molecule has 0 radical (unpaired) electrons. The Balaban J connectivity index is 2.26. The van der Waals surface area contributed by atoms with Gasteiger partial charge in [0, 0.05) is 6.04 Å². The molecule has 0 aliphatic carbocycles. The molecule has 2 aromatic carbocycles. The van der Waals surface area contributed by atoms with Crippen LogP contribution in [0, 0.1) is 26.6 Å². The highest BCUT2D eigenvalue weighted by Crippen LogP contribution is 2.23. The van der Waals surface area contributed by atoms with E-state index < -0.39 is 0 Å². The Labute approximate surface area is 114 Å². The normalized spacial score (nSPS) is 12.5. The van der Waals surface area contributed by atoms with Crippen molar-refractivity contribution in [2.24, 2.45) is 5.73 Å². The molecule has 100 valence electrons. The van der Waals surface area contributed by atoms with E-state index in [2.05, 4.69) is 32.9 Å². The van der Waals surface area contributed by atoms with Crippen molar-refractivity contribution in [3.8, 4) is 0 Å². The third-order valence-electron chi connectivity index (χ3n) is 3.54. The first kappa shape index (κ1) is 13.8. The van der Waals surface area contributed by atoms with Gasteiger partial charge in [-0.2, -0.15) is 0 Å². The lowest BCUT2D eigenvalue weighted by Crippen LogP contribution is -2.15. The lowest BCUT2D eigenvalue weighted by molar-refractivity contribution is 0.618. The van der Waals surface area contributed by atoms with E-state index in [1.165, 1.54) is 34.4 Å². The average molecular weight is 257 g/mol. The highest BCUT2D eigenvalue weighted by atomic mass is 19.1. The molecule has 1 atom stereocenters. The molecule has 1 unspecified atom stereocenters. The number of aryl methyl sites for hydroxylation is 3.